The second-order valence-electron chi connectivity index (χ2n) is 5.74. The Bertz CT molecular complexity index is 309. The van der Waals surface area contributed by atoms with Crippen molar-refractivity contribution in [3.05, 3.63) is 0 Å². The highest BCUT2D eigenvalue weighted by molar-refractivity contribution is 5.74. The van der Waals surface area contributed by atoms with Gasteiger partial charge in [-0.3, -0.25) is 4.79 Å². The molecule has 4 heteroatoms. The molecule has 0 amide bonds. The van der Waals surface area contributed by atoms with E-state index in [2.05, 4.69) is 5.16 Å². The Morgan fingerprint density at radius 2 is 2.31 bits per heavy atom. The third-order valence-electron chi connectivity index (χ3n) is 3.09. The summed E-state index contributed by atoms with van der Waals surface area (Å²) in [5, 5.41) is 3.81. The fourth-order valence-electron chi connectivity index (χ4n) is 2.34. The van der Waals surface area contributed by atoms with Crippen molar-refractivity contribution in [1.29, 1.82) is 0 Å². The number of carbonyl (C=O) groups is 1. The Kier molecular flexibility index (Phi) is 2.68. The average molecular weight is 225 g/mol. The van der Waals surface area contributed by atoms with Crippen molar-refractivity contribution in [3.63, 3.8) is 0 Å². The molecule has 1 aliphatic heterocycles. The molecule has 0 bridgehead atoms. The number of hydrogen-bond acceptors (Lipinski definition) is 4. The van der Waals surface area contributed by atoms with Crippen molar-refractivity contribution in [2.24, 2.45) is 11.1 Å². The Labute approximate surface area is 96.0 Å². The van der Waals surface area contributed by atoms with E-state index >= 15 is 0 Å². The Morgan fingerprint density at radius 3 is 2.88 bits per heavy atom. The molecule has 2 atom stereocenters. The molecule has 0 aromatic carbocycles. The molecule has 1 spiro atoms. The largest absolute Gasteiger partial charge is 0.460 e. The molecular formula is C12H19NO3. The molecule has 0 aromatic rings. The summed E-state index contributed by atoms with van der Waals surface area (Å²) in [7, 11) is 0. The van der Waals surface area contributed by atoms with Crippen LogP contribution in [0.5, 0.6) is 0 Å². The van der Waals surface area contributed by atoms with Crippen LogP contribution in [0.2, 0.25) is 0 Å². The summed E-state index contributed by atoms with van der Waals surface area (Å²) in [6, 6.07) is 0. The van der Waals surface area contributed by atoms with Crippen LogP contribution < -0.4 is 0 Å². The van der Waals surface area contributed by atoms with Gasteiger partial charge in [0.2, 0.25) is 0 Å². The molecule has 0 radical (unpaired) electrons. The van der Waals surface area contributed by atoms with Gasteiger partial charge in [0.25, 0.3) is 0 Å². The Hall–Kier alpha value is -1.06. The van der Waals surface area contributed by atoms with Crippen molar-refractivity contribution in [3.8, 4) is 0 Å². The van der Waals surface area contributed by atoms with Crippen LogP contribution in [-0.2, 0) is 14.4 Å². The van der Waals surface area contributed by atoms with Gasteiger partial charge in [0, 0.05) is 19.1 Å². The third kappa shape index (κ3) is 2.36. The van der Waals surface area contributed by atoms with Crippen molar-refractivity contribution < 1.29 is 14.4 Å². The standard InChI is InChI=1S/C12H19NO3/c1-11(2,3)15-10(14)9-4-5-12(8-9)6-7-13-16-12/h7,9H,4-6,8H2,1-3H3. The van der Waals surface area contributed by atoms with Gasteiger partial charge in [-0.2, -0.15) is 0 Å². The van der Waals surface area contributed by atoms with Gasteiger partial charge < -0.3 is 9.57 Å². The summed E-state index contributed by atoms with van der Waals surface area (Å²) < 4.78 is 5.39. The zero-order chi connectivity index (χ0) is 11.8. The van der Waals surface area contributed by atoms with Crippen molar-refractivity contribution in [2.75, 3.05) is 0 Å². The van der Waals surface area contributed by atoms with Crippen LogP contribution >= 0.6 is 0 Å². The molecule has 90 valence electrons. The van der Waals surface area contributed by atoms with E-state index in [9.17, 15) is 4.79 Å². The minimum atomic E-state index is -0.403. The van der Waals surface area contributed by atoms with Crippen LogP contribution in [0, 0.1) is 5.92 Å². The fourth-order valence-corrected chi connectivity index (χ4v) is 2.34. The lowest BCUT2D eigenvalue weighted by atomic mass is 9.97. The molecule has 1 saturated carbocycles. The number of nitrogens with zero attached hydrogens (tertiary/aromatic N) is 1. The summed E-state index contributed by atoms with van der Waals surface area (Å²) in [4.78, 5) is 17.3. The fraction of sp³-hybridized carbons (Fsp3) is 0.833. The number of rotatable bonds is 1. The second-order valence-corrected chi connectivity index (χ2v) is 5.74. The van der Waals surface area contributed by atoms with E-state index in [1.165, 1.54) is 0 Å². The van der Waals surface area contributed by atoms with Crippen LogP contribution in [0.15, 0.2) is 5.16 Å². The molecule has 0 saturated heterocycles. The number of hydrogen-bond donors (Lipinski definition) is 0. The zero-order valence-corrected chi connectivity index (χ0v) is 10.2. The molecule has 4 nitrogen and oxygen atoms in total. The molecule has 0 N–H and O–H groups in total. The molecule has 1 heterocycles. The van der Waals surface area contributed by atoms with E-state index < -0.39 is 5.60 Å². The topological polar surface area (TPSA) is 47.9 Å². The summed E-state index contributed by atoms with van der Waals surface area (Å²) in [5.41, 5.74) is -0.610. The molecule has 0 aromatic heterocycles. The third-order valence-corrected chi connectivity index (χ3v) is 3.09. The number of esters is 1. The van der Waals surface area contributed by atoms with Crippen molar-refractivity contribution in [2.45, 2.75) is 57.7 Å². The highest BCUT2D eigenvalue weighted by Crippen LogP contribution is 2.42. The van der Waals surface area contributed by atoms with E-state index in [0.717, 1.165) is 25.7 Å². The molecular weight excluding hydrogens is 206 g/mol. The quantitative estimate of drug-likeness (QED) is 0.643. The Morgan fingerprint density at radius 1 is 1.56 bits per heavy atom. The van der Waals surface area contributed by atoms with Crippen molar-refractivity contribution in [1.82, 2.24) is 0 Å². The first-order valence-electron chi connectivity index (χ1n) is 5.83. The maximum absolute atomic E-state index is 11.9. The lowest BCUT2D eigenvalue weighted by Gasteiger charge is -2.23. The summed E-state index contributed by atoms with van der Waals surface area (Å²) in [6.07, 6.45) is 5.10. The van der Waals surface area contributed by atoms with Gasteiger partial charge in [0.1, 0.15) is 11.2 Å². The maximum Gasteiger partial charge on any atom is 0.309 e. The lowest BCUT2D eigenvalue weighted by Crippen LogP contribution is -2.30. The summed E-state index contributed by atoms with van der Waals surface area (Å²) >= 11 is 0. The number of carbonyl (C=O) groups excluding carboxylic acids is 1. The van der Waals surface area contributed by atoms with Crippen LogP contribution in [0.1, 0.15) is 46.5 Å². The molecule has 1 fully saturated rings. The lowest BCUT2D eigenvalue weighted by molar-refractivity contribution is -0.160. The average Bonchev–Trinajstić information content (AvgIpc) is 2.74. The van der Waals surface area contributed by atoms with Gasteiger partial charge in [-0.05, 0) is 33.6 Å². The van der Waals surface area contributed by atoms with E-state index in [1.807, 2.05) is 20.8 Å². The normalized spacial score (nSPS) is 33.1. The van der Waals surface area contributed by atoms with Gasteiger partial charge in [-0.25, -0.2) is 0 Å². The SMILES string of the molecule is CC(C)(C)OC(=O)C1CCC2(CC=NO2)C1. The van der Waals surface area contributed by atoms with Crippen LogP contribution in [0.3, 0.4) is 0 Å². The minimum Gasteiger partial charge on any atom is -0.460 e. The maximum atomic E-state index is 11.9. The molecule has 2 rings (SSSR count). The predicted octanol–water partition coefficient (Wildman–Crippen LogP) is 2.27. The zero-order valence-electron chi connectivity index (χ0n) is 10.2. The monoisotopic (exact) mass is 225 g/mol. The van der Waals surface area contributed by atoms with Crippen LogP contribution in [-0.4, -0.2) is 23.4 Å². The Balaban J connectivity index is 1.91. The van der Waals surface area contributed by atoms with Crippen LogP contribution in [0.4, 0.5) is 0 Å². The van der Waals surface area contributed by atoms with Crippen molar-refractivity contribution >= 4 is 12.2 Å². The molecule has 2 unspecified atom stereocenters. The first-order chi connectivity index (χ1) is 7.40. The predicted molar refractivity (Wildman–Crippen MR) is 60.1 cm³/mol. The highest BCUT2D eigenvalue weighted by atomic mass is 16.7. The van der Waals surface area contributed by atoms with Gasteiger partial charge >= 0.3 is 5.97 Å². The summed E-state index contributed by atoms with van der Waals surface area (Å²) in [5.74, 6) is -0.124. The first-order valence-corrected chi connectivity index (χ1v) is 5.83. The van der Waals surface area contributed by atoms with E-state index in [1.54, 1.807) is 6.21 Å². The second kappa shape index (κ2) is 3.75. The smallest absolute Gasteiger partial charge is 0.309 e. The molecule has 16 heavy (non-hydrogen) atoms. The highest BCUT2D eigenvalue weighted by Gasteiger charge is 2.46. The number of oxime groups is 1. The molecule has 1 aliphatic carbocycles. The van der Waals surface area contributed by atoms with E-state index in [4.69, 9.17) is 9.57 Å². The van der Waals surface area contributed by atoms with E-state index in [-0.39, 0.29) is 17.5 Å². The van der Waals surface area contributed by atoms with Gasteiger partial charge in [-0.1, -0.05) is 5.16 Å². The number of ether oxygens (including phenoxy) is 1. The van der Waals surface area contributed by atoms with E-state index in [0.29, 0.717) is 0 Å². The minimum absolute atomic E-state index is 0.0269. The van der Waals surface area contributed by atoms with Crippen LogP contribution in [0.25, 0.3) is 0 Å². The van der Waals surface area contributed by atoms with Gasteiger partial charge in [0.15, 0.2) is 0 Å². The van der Waals surface area contributed by atoms with Gasteiger partial charge in [0.05, 0.1) is 5.92 Å². The summed E-state index contributed by atoms with van der Waals surface area (Å²) in [6.45, 7) is 5.68. The molecule has 2 aliphatic rings. The first kappa shape index (κ1) is 11.4. The van der Waals surface area contributed by atoms with Gasteiger partial charge in [-0.15, -0.1) is 0 Å².